The van der Waals surface area contributed by atoms with E-state index in [1.165, 1.54) is 6.33 Å². The van der Waals surface area contributed by atoms with Crippen molar-refractivity contribution in [2.75, 3.05) is 6.61 Å². The third-order valence-electron chi connectivity index (χ3n) is 5.99. The largest absolute Gasteiger partial charge is 0.394 e. The van der Waals surface area contributed by atoms with Crippen molar-refractivity contribution in [2.24, 2.45) is 0 Å². The molecule has 1 aromatic heterocycles. The van der Waals surface area contributed by atoms with Crippen LogP contribution in [0.15, 0.2) is 61.2 Å². The van der Waals surface area contributed by atoms with Gasteiger partial charge in [-0.3, -0.25) is 0 Å². The summed E-state index contributed by atoms with van der Waals surface area (Å²) in [6, 6.07) is 12.8. The summed E-state index contributed by atoms with van der Waals surface area (Å²) in [7, 11) is 0. The van der Waals surface area contributed by atoms with Crippen LogP contribution in [0.25, 0.3) is 0 Å². The Kier molecular flexibility index (Phi) is 7.05. The Labute approximate surface area is 197 Å². The zero-order valence-electron chi connectivity index (χ0n) is 18.5. The van der Waals surface area contributed by atoms with Gasteiger partial charge in [0.1, 0.15) is 30.7 Å². The Morgan fingerprint density at radius 2 is 1.62 bits per heavy atom. The maximum absolute atomic E-state index is 11.1. The number of aromatic nitrogens is 2. The molecule has 0 aliphatic carbocycles. The molecule has 0 spiro atoms. The van der Waals surface area contributed by atoms with E-state index in [-0.39, 0.29) is 5.56 Å². The van der Waals surface area contributed by atoms with E-state index in [1.54, 1.807) is 30.6 Å². The molecule has 4 rings (SSSR count). The Balaban J connectivity index is 1.55. The maximum Gasteiger partial charge on any atom is 0.222 e. The molecular formula is C26H26N2O6. The predicted octanol–water partition coefficient (Wildman–Crippen LogP) is 0.395. The zero-order chi connectivity index (χ0) is 24.3. The van der Waals surface area contributed by atoms with E-state index in [2.05, 4.69) is 21.8 Å². The lowest BCUT2D eigenvalue weighted by atomic mass is 9.86. The van der Waals surface area contributed by atoms with Gasteiger partial charge in [-0.05, 0) is 48.2 Å². The summed E-state index contributed by atoms with van der Waals surface area (Å²) >= 11 is 0. The molecule has 2 aromatic carbocycles. The van der Waals surface area contributed by atoms with Crippen molar-refractivity contribution >= 4 is 0 Å². The zero-order valence-corrected chi connectivity index (χ0v) is 18.5. The molecule has 0 saturated carbocycles. The second kappa shape index (κ2) is 9.99. The molecule has 176 valence electrons. The highest BCUT2D eigenvalue weighted by atomic mass is 16.7. The predicted molar refractivity (Wildman–Crippen MR) is 122 cm³/mol. The van der Waals surface area contributed by atoms with Gasteiger partial charge in [0.2, 0.25) is 5.79 Å². The van der Waals surface area contributed by atoms with Crippen LogP contribution in [0.4, 0.5) is 0 Å². The topological polar surface area (TPSA) is 136 Å². The fraction of sp³-hybridized carbons (Fsp3) is 0.308. The van der Waals surface area contributed by atoms with Crippen molar-refractivity contribution in [2.45, 2.75) is 43.5 Å². The summed E-state index contributed by atoms with van der Waals surface area (Å²) in [5, 5.41) is 51.2. The van der Waals surface area contributed by atoms with Crippen molar-refractivity contribution in [3.63, 3.8) is 0 Å². The first kappa shape index (κ1) is 24.0. The van der Waals surface area contributed by atoms with Crippen molar-refractivity contribution < 1.29 is 30.3 Å². The smallest absolute Gasteiger partial charge is 0.222 e. The number of hydrogen-bond acceptors (Lipinski definition) is 8. The second-order valence-corrected chi connectivity index (χ2v) is 8.35. The minimum absolute atomic E-state index is 0.220. The highest BCUT2D eigenvalue weighted by Gasteiger charge is 2.53. The van der Waals surface area contributed by atoms with Crippen LogP contribution < -0.4 is 0 Å². The normalized spacial score (nSPS) is 26.5. The van der Waals surface area contributed by atoms with Gasteiger partial charge in [-0.15, -0.1) is 0 Å². The van der Waals surface area contributed by atoms with E-state index in [1.807, 2.05) is 31.2 Å². The van der Waals surface area contributed by atoms with Gasteiger partial charge in [-0.1, -0.05) is 36.1 Å². The molecular weight excluding hydrogens is 436 g/mol. The van der Waals surface area contributed by atoms with Crippen LogP contribution in [-0.4, -0.2) is 66.5 Å². The first-order valence-corrected chi connectivity index (χ1v) is 10.8. The van der Waals surface area contributed by atoms with Gasteiger partial charge < -0.3 is 30.3 Å². The Morgan fingerprint density at radius 3 is 2.29 bits per heavy atom. The van der Waals surface area contributed by atoms with E-state index in [9.17, 15) is 25.5 Å². The van der Waals surface area contributed by atoms with Crippen molar-refractivity contribution in [1.82, 2.24) is 9.97 Å². The van der Waals surface area contributed by atoms with E-state index in [4.69, 9.17) is 4.74 Å². The van der Waals surface area contributed by atoms with Crippen LogP contribution in [0, 0.1) is 18.8 Å². The molecule has 0 radical (unpaired) electrons. The fourth-order valence-electron chi connectivity index (χ4n) is 3.91. The molecule has 1 aliphatic heterocycles. The summed E-state index contributed by atoms with van der Waals surface area (Å²) in [6.45, 7) is 1.30. The molecule has 2 heterocycles. The minimum Gasteiger partial charge on any atom is -0.394 e. The van der Waals surface area contributed by atoms with Gasteiger partial charge in [-0.25, -0.2) is 9.97 Å². The molecule has 34 heavy (non-hydrogen) atoms. The molecule has 5 atom stereocenters. The van der Waals surface area contributed by atoms with E-state index >= 15 is 0 Å². The van der Waals surface area contributed by atoms with Gasteiger partial charge in [0.05, 0.1) is 12.2 Å². The lowest BCUT2D eigenvalue weighted by Crippen LogP contribution is -2.63. The van der Waals surface area contributed by atoms with E-state index < -0.39 is 36.8 Å². The highest BCUT2D eigenvalue weighted by Crippen LogP contribution is 2.37. The summed E-state index contributed by atoms with van der Waals surface area (Å²) in [5.74, 6) is 3.80. The molecule has 1 saturated heterocycles. The number of benzene rings is 2. The monoisotopic (exact) mass is 462 g/mol. The van der Waals surface area contributed by atoms with Crippen LogP contribution >= 0.6 is 0 Å². The maximum atomic E-state index is 11.1. The number of aryl methyl sites for hydroxylation is 1. The lowest BCUT2D eigenvalue weighted by molar-refractivity contribution is -0.357. The molecule has 0 amide bonds. The standard InChI is InChI=1S/C26H26N2O6/c1-16-2-9-21(26(33)25(32)24(31)23(30)22(14-29)34-26)11-20(16)10-18-6-3-17(4-7-18)5-8-19-12-27-15-28-13-19/h2-4,6-7,9,11-13,15,22-25,29-33H,10,14H2,1H3/t22-,23-,24+,25-,26+/m1/s1. The highest BCUT2D eigenvalue weighted by molar-refractivity contribution is 5.43. The number of rotatable bonds is 4. The van der Waals surface area contributed by atoms with Gasteiger partial charge >= 0.3 is 0 Å². The Hall–Kier alpha value is -3.16. The molecule has 8 nitrogen and oxygen atoms in total. The molecule has 0 unspecified atom stereocenters. The second-order valence-electron chi connectivity index (χ2n) is 8.35. The number of hydrogen-bond donors (Lipinski definition) is 5. The lowest BCUT2D eigenvalue weighted by Gasteiger charge is -2.45. The average Bonchev–Trinajstić information content (AvgIpc) is 2.86. The fourth-order valence-corrected chi connectivity index (χ4v) is 3.91. The third kappa shape index (κ3) is 4.86. The van der Waals surface area contributed by atoms with Crippen LogP contribution in [0.5, 0.6) is 0 Å². The first-order valence-electron chi connectivity index (χ1n) is 10.8. The quantitative estimate of drug-likeness (QED) is 0.352. The SMILES string of the molecule is Cc1ccc([C@]2(O)O[C@H](CO)[C@@H](O)[C@H](O)[C@H]2O)cc1Cc1ccc(C#Cc2cncnc2)cc1. The van der Waals surface area contributed by atoms with E-state index in [0.717, 1.165) is 27.8 Å². The summed E-state index contributed by atoms with van der Waals surface area (Å²) < 4.78 is 5.45. The van der Waals surface area contributed by atoms with Crippen molar-refractivity contribution in [3.8, 4) is 11.8 Å². The summed E-state index contributed by atoms with van der Waals surface area (Å²) in [4.78, 5) is 7.88. The van der Waals surface area contributed by atoms with Crippen LogP contribution in [0.2, 0.25) is 0 Å². The molecule has 5 N–H and O–H groups in total. The molecule has 1 fully saturated rings. The number of ether oxygens (including phenoxy) is 1. The van der Waals surface area contributed by atoms with Crippen molar-refractivity contribution in [3.05, 3.63) is 94.6 Å². The number of nitrogens with zero attached hydrogens (tertiary/aromatic N) is 2. The average molecular weight is 463 g/mol. The van der Waals surface area contributed by atoms with E-state index in [0.29, 0.717) is 6.42 Å². The first-order chi connectivity index (χ1) is 16.3. The third-order valence-corrected chi connectivity index (χ3v) is 5.99. The van der Waals surface area contributed by atoms with Gasteiger partial charge in [-0.2, -0.15) is 0 Å². The van der Waals surface area contributed by atoms with Gasteiger partial charge in [0.25, 0.3) is 0 Å². The Bertz CT molecular complexity index is 1190. The molecule has 8 heteroatoms. The Morgan fingerprint density at radius 1 is 0.941 bits per heavy atom. The van der Waals surface area contributed by atoms with Crippen LogP contribution in [0.1, 0.15) is 33.4 Å². The number of aliphatic hydroxyl groups is 5. The molecule has 3 aromatic rings. The summed E-state index contributed by atoms with van der Waals surface area (Å²) in [5.41, 5.74) is 4.64. The van der Waals surface area contributed by atoms with Crippen molar-refractivity contribution in [1.29, 1.82) is 0 Å². The summed E-state index contributed by atoms with van der Waals surface area (Å²) in [6.07, 6.45) is -0.967. The van der Waals surface area contributed by atoms with Gasteiger partial charge in [0, 0.05) is 23.5 Å². The molecule has 0 bridgehead atoms. The molecule has 1 aliphatic rings. The number of aliphatic hydroxyl groups excluding tert-OH is 4. The van der Waals surface area contributed by atoms with Crippen LogP contribution in [0.3, 0.4) is 0 Å². The van der Waals surface area contributed by atoms with Gasteiger partial charge in [0.15, 0.2) is 0 Å². The van der Waals surface area contributed by atoms with Crippen LogP contribution in [-0.2, 0) is 16.9 Å². The minimum atomic E-state index is -2.28.